The van der Waals surface area contributed by atoms with Gasteiger partial charge in [0.1, 0.15) is 6.54 Å². The number of carbonyl (C=O) groups excluding carboxylic acids is 1. The Morgan fingerprint density at radius 2 is 2.18 bits per heavy atom. The smallest absolute Gasteiger partial charge is 0.267 e. The number of nitrogens with zero attached hydrogens (tertiary/aromatic N) is 5. The predicted octanol–water partition coefficient (Wildman–Crippen LogP) is 2.25. The van der Waals surface area contributed by atoms with Gasteiger partial charge < -0.3 is 9.42 Å². The van der Waals surface area contributed by atoms with E-state index in [0.717, 1.165) is 29.8 Å². The molecule has 2 fully saturated rings. The topological polar surface area (TPSA) is 94.1 Å². The predicted molar refractivity (Wildman–Crippen MR) is 102 cm³/mol. The summed E-state index contributed by atoms with van der Waals surface area (Å²) in [5, 5.41) is 6.06. The van der Waals surface area contributed by atoms with Gasteiger partial charge >= 0.3 is 0 Å². The number of hydrogen-bond donors (Lipinski definition) is 0. The Morgan fingerprint density at radius 3 is 2.93 bits per heavy atom. The van der Waals surface area contributed by atoms with Crippen LogP contribution in [0.4, 0.5) is 0 Å². The molecule has 28 heavy (non-hydrogen) atoms. The lowest BCUT2D eigenvalue weighted by Crippen LogP contribution is -2.35. The Morgan fingerprint density at radius 1 is 1.29 bits per heavy atom. The van der Waals surface area contributed by atoms with E-state index in [1.54, 1.807) is 22.3 Å². The van der Waals surface area contributed by atoms with Crippen molar-refractivity contribution in [1.29, 1.82) is 0 Å². The first kappa shape index (κ1) is 17.3. The molecule has 0 unspecified atom stereocenters. The summed E-state index contributed by atoms with van der Waals surface area (Å²) in [4.78, 5) is 36.4. The van der Waals surface area contributed by atoms with Crippen molar-refractivity contribution in [2.75, 3.05) is 13.1 Å². The molecule has 0 radical (unpaired) electrons. The van der Waals surface area contributed by atoms with Crippen LogP contribution in [0, 0.1) is 0 Å². The second kappa shape index (κ2) is 6.97. The maximum absolute atomic E-state index is 12.6. The monoisotopic (exact) mass is 397 g/mol. The molecular formula is C19H19N5O3S. The summed E-state index contributed by atoms with van der Waals surface area (Å²) in [5.41, 5.74) is 0.674. The second-order valence-electron chi connectivity index (χ2n) is 7.31. The van der Waals surface area contributed by atoms with Gasteiger partial charge in [0.05, 0.1) is 16.9 Å². The fraction of sp³-hybridized carbons (Fsp3) is 0.421. The Kier molecular flexibility index (Phi) is 4.31. The van der Waals surface area contributed by atoms with E-state index in [1.165, 1.54) is 10.9 Å². The van der Waals surface area contributed by atoms with E-state index in [2.05, 4.69) is 15.1 Å². The summed E-state index contributed by atoms with van der Waals surface area (Å²) >= 11 is 1.55. The van der Waals surface area contributed by atoms with Gasteiger partial charge in [-0.05, 0) is 30.7 Å². The molecule has 144 valence electrons. The average Bonchev–Trinajstić information content (AvgIpc) is 3.11. The fourth-order valence-electron chi connectivity index (χ4n) is 3.51. The number of likely N-dealkylation sites (tertiary alicyclic amines) is 1. The molecule has 1 aliphatic heterocycles. The van der Waals surface area contributed by atoms with Gasteiger partial charge in [0.25, 0.3) is 11.4 Å². The highest BCUT2D eigenvalue weighted by molar-refractivity contribution is 7.13. The van der Waals surface area contributed by atoms with E-state index in [1.807, 2.05) is 17.5 Å². The van der Waals surface area contributed by atoms with E-state index < -0.39 is 0 Å². The van der Waals surface area contributed by atoms with E-state index in [9.17, 15) is 9.59 Å². The zero-order chi connectivity index (χ0) is 19.1. The van der Waals surface area contributed by atoms with Crippen LogP contribution in [0.3, 0.4) is 0 Å². The third-order valence-electron chi connectivity index (χ3n) is 5.28. The van der Waals surface area contributed by atoms with Gasteiger partial charge in [-0.25, -0.2) is 4.98 Å². The van der Waals surface area contributed by atoms with Crippen molar-refractivity contribution in [3.63, 3.8) is 0 Å². The van der Waals surface area contributed by atoms with Crippen LogP contribution in [0.15, 0.2) is 39.2 Å². The van der Waals surface area contributed by atoms with Gasteiger partial charge in [-0.1, -0.05) is 11.2 Å². The highest BCUT2D eigenvalue weighted by Crippen LogP contribution is 2.38. The van der Waals surface area contributed by atoms with Gasteiger partial charge in [0, 0.05) is 31.0 Å². The molecule has 3 aromatic rings. The number of rotatable bonds is 5. The number of thiophene rings is 1. The zero-order valence-electron chi connectivity index (χ0n) is 15.2. The minimum atomic E-state index is -0.167. The summed E-state index contributed by atoms with van der Waals surface area (Å²) in [6, 6.07) is 5.43. The molecule has 1 saturated heterocycles. The Labute approximate surface area is 164 Å². The molecule has 1 amide bonds. The van der Waals surface area contributed by atoms with Crippen molar-refractivity contribution in [1.82, 2.24) is 24.6 Å². The first-order chi connectivity index (χ1) is 13.7. The summed E-state index contributed by atoms with van der Waals surface area (Å²) in [5.74, 6) is 1.53. The second-order valence-corrected chi connectivity index (χ2v) is 8.26. The lowest BCUT2D eigenvalue weighted by atomic mass is 10.1. The minimum absolute atomic E-state index is 0.0101. The van der Waals surface area contributed by atoms with Crippen LogP contribution in [-0.4, -0.2) is 43.6 Å². The molecule has 4 heterocycles. The Hall–Kier alpha value is -2.81. The Balaban J connectivity index is 1.23. The standard InChI is InChI=1S/C19H19N5O3S/c25-16-8-14(12-3-4-12)20-11-24(16)10-17(26)23-6-5-13(9-23)18-21-19(27-22-18)15-2-1-7-28-15/h1-2,7-8,11-13H,3-6,9-10H2/t13-/m1/s1. The minimum Gasteiger partial charge on any atom is -0.340 e. The first-order valence-electron chi connectivity index (χ1n) is 9.39. The van der Waals surface area contributed by atoms with Crippen LogP contribution in [0.25, 0.3) is 10.8 Å². The van der Waals surface area contributed by atoms with Crippen molar-refractivity contribution in [3.05, 3.63) is 51.8 Å². The Bertz CT molecular complexity index is 1050. The van der Waals surface area contributed by atoms with Gasteiger partial charge in [-0.3, -0.25) is 14.2 Å². The zero-order valence-corrected chi connectivity index (χ0v) is 16.0. The van der Waals surface area contributed by atoms with Crippen molar-refractivity contribution < 1.29 is 9.32 Å². The molecule has 0 N–H and O–H groups in total. The third kappa shape index (κ3) is 3.37. The van der Waals surface area contributed by atoms with Crippen molar-refractivity contribution in [2.45, 2.75) is 37.6 Å². The molecule has 8 nitrogen and oxygen atoms in total. The van der Waals surface area contributed by atoms with Gasteiger partial charge in [0.15, 0.2) is 5.82 Å². The summed E-state index contributed by atoms with van der Waals surface area (Å²) in [6.07, 6.45) is 4.46. The molecule has 9 heteroatoms. The van der Waals surface area contributed by atoms with Gasteiger partial charge in [-0.15, -0.1) is 11.3 Å². The molecule has 0 aromatic carbocycles. The van der Waals surface area contributed by atoms with Crippen LogP contribution in [0.1, 0.15) is 42.6 Å². The number of aromatic nitrogens is 4. The number of hydrogen-bond acceptors (Lipinski definition) is 7. The molecular weight excluding hydrogens is 378 g/mol. The van der Waals surface area contributed by atoms with E-state index in [4.69, 9.17) is 4.52 Å². The lowest BCUT2D eigenvalue weighted by Gasteiger charge is -2.16. The van der Waals surface area contributed by atoms with E-state index in [0.29, 0.717) is 30.7 Å². The maximum Gasteiger partial charge on any atom is 0.267 e. The molecule has 0 spiro atoms. The fourth-order valence-corrected chi connectivity index (χ4v) is 4.15. The summed E-state index contributed by atoms with van der Waals surface area (Å²) in [7, 11) is 0. The lowest BCUT2D eigenvalue weighted by molar-refractivity contribution is -0.130. The van der Waals surface area contributed by atoms with Crippen LogP contribution in [0.5, 0.6) is 0 Å². The van der Waals surface area contributed by atoms with E-state index >= 15 is 0 Å². The number of carbonyl (C=O) groups is 1. The number of amides is 1. The highest BCUT2D eigenvalue weighted by atomic mass is 32.1. The van der Waals surface area contributed by atoms with Gasteiger partial charge in [0.2, 0.25) is 5.91 Å². The molecule has 1 atom stereocenters. The molecule has 0 bridgehead atoms. The van der Waals surface area contributed by atoms with E-state index in [-0.39, 0.29) is 23.9 Å². The van der Waals surface area contributed by atoms with Crippen molar-refractivity contribution in [2.24, 2.45) is 0 Å². The summed E-state index contributed by atoms with van der Waals surface area (Å²) in [6.45, 7) is 1.16. The highest BCUT2D eigenvalue weighted by Gasteiger charge is 2.31. The normalized spacial score (nSPS) is 19.3. The maximum atomic E-state index is 12.6. The van der Waals surface area contributed by atoms with Crippen LogP contribution in [0.2, 0.25) is 0 Å². The third-order valence-corrected chi connectivity index (χ3v) is 6.14. The van der Waals surface area contributed by atoms with Crippen LogP contribution in [-0.2, 0) is 11.3 Å². The first-order valence-corrected chi connectivity index (χ1v) is 10.3. The largest absolute Gasteiger partial charge is 0.340 e. The molecule has 1 saturated carbocycles. The summed E-state index contributed by atoms with van der Waals surface area (Å²) < 4.78 is 6.74. The molecule has 1 aliphatic carbocycles. The molecule has 2 aliphatic rings. The van der Waals surface area contributed by atoms with Crippen LogP contribution < -0.4 is 5.56 Å². The van der Waals surface area contributed by atoms with Crippen molar-refractivity contribution >= 4 is 17.2 Å². The van der Waals surface area contributed by atoms with Gasteiger partial charge in [-0.2, -0.15) is 4.98 Å². The average molecular weight is 397 g/mol. The SMILES string of the molecule is O=C(Cn1cnc(C2CC2)cc1=O)N1CC[C@@H](c2noc(-c3cccs3)n2)C1. The molecule has 3 aromatic heterocycles. The van der Waals surface area contributed by atoms with Crippen LogP contribution >= 0.6 is 11.3 Å². The quantitative estimate of drug-likeness (QED) is 0.655. The molecule has 5 rings (SSSR count). The van der Waals surface area contributed by atoms with Crippen molar-refractivity contribution in [3.8, 4) is 10.8 Å².